The fourth-order valence-electron chi connectivity index (χ4n) is 2.73. The highest BCUT2D eigenvalue weighted by Gasteiger charge is 2.24. The van der Waals surface area contributed by atoms with Gasteiger partial charge in [0, 0.05) is 23.7 Å². The van der Waals surface area contributed by atoms with Crippen LogP contribution in [0.4, 0.5) is 0 Å². The Hall–Kier alpha value is -0.770. The Morgan fingerprint density at radius 3 is 3.05 bits per heavy atom. The molecule has 0 amide bonds. The lowest BCUT2D eigenvalue weighted by Gasteiger charge is -2.37. The second kappa shape index (κ2) is 7.13. The number of hydrogen-bond acceptors (Lipinski definition) is 3. The van der Waals surface area contributed by atoms with E-state index in [4.69, 9.17) is 22.1 Å². The van der Waals surface area contributed by atoms with E-state index in [0.717, 1.165) is 18.8 Å². The van der Waals surface area contributed by atoms with Crippen LogP contribution in [0.25, 0.3) is 0 Å². The summed E-state index contributed by atoms with van der Waals surface area (Å²) in [5.41, 5.74) is 6.06. The second-order valence-corrected chi connectivity index (χ2v) is 5.70. The van der Waals surface area contributed by atoms with Crippen LogP contribution < -0.4 is 10.5 Å². The monoisotopic (exact) mass is 282 g/mol. The van der Waals surface area contributed by atoms with Crippen LogP contribution in [-0.4, -0.2) is 36.7 Å². The van der Waals surface area contributed by atoms with Crippen molar-refractivity contribution in [2.75, 3.05) is 19.7 Å². The molecule has 1 aliphatic heterocycles. The van der Waals surface area contributed by atoms with Gasteiger partial charge in [0.15, 0.2) is 0 Å². The Morgan fingerprint density at radius 1 is 1.47 bits per heavy atom. The molecule has 1 aromatic rings. The minimum absolute atomic E-state index is 0.228. The van der Waals surface area contributed by atoms with Crippen molar-refractivity contribution in [3.05, 3.63) is 29.3 Å². The number of nitrogens with zero attached hydrogens (tertiary/aromatic N) is 1. The molecule has 0 bridgehead atoms. The summed E-state index contributed by atoms with van der Waals surface area (Å²) in [6.07, 6.45) is 3.76. The normalized spacial score (nSPS) is 22.2. The minimum atomic E-state index is 0.228. The van der Waals surface area contributed by atoms with Crippen LogP contribution in [0.2, 0.25) is 5.02 Å². The maximum absolute atomic E-state index is 6.06. The van der Waals surface area contributed by atoms with Gasteiger partial charge in [0.1, 0.15) is 12.4 Å². The van der Waals surface area contributed by atoms with Gasteiger partial charge in [-0.15, -0.1) is 0 Å². The zero-order chi connectivity index (χ0) is 13.7. The van der Waals surface area contributed by atoms with E-state index in [1.165, 1.54) is 19.3 Å². The Labute approximate surface area is 120 Å². The zero-order valence-corrected chi connectivity index (χ0v) is 12.3. The van der Waals surface area contributed by atoms with Gasteiger partial charge < -0.3 is 10.5 Å². The largest absolute Gasteiger partial charge is 0.492 e. The summed E-state index contributed by atoms with van der Waals surface area (Å²) < 4.78 is 5.75. The quantitative estimate of drug-likeness (QED) is 0.902. The predicted molar refractivity (Wildman–Crippen MR) is 79.8 cm³/mol. The van der Waals surface area contributed by atoms with Crippen molar-refractivity contribution < 1.29 is 4.74 Å². The summed E-state index contributed by atoms with van der Waals surface area (Å²) in [7, 11) is 0. The van der Waals surface area contributed by atoms with Gasteiger partial charge in [-0.25, -0.2) is 0 Å². The lowest BCUT2D eigenvalue weighted by molar-refractivity contribution is 0.109. The van der Waals surface area contributed by atoms with Gasteiger partial charge >= 0.3 is 0 Å². The van der Waals surface area contributed by atoms with Crippen molar-refractivity contribution >= 4 is 11.6 Å². The summed E-state index contributed by atoms with van der Waals surface area (Å²) in [5, 5.41) is 0.712. The molecule has 1 fully saturated rings. The van der Waals surface area contributed by atoms with E-state index in [-0.39, 0.29) is 6.04 Å². The van der Waals surface area contributed by atoms with Gasteiger partial charge in [-0.05, 0) is 44.5 Å². The summed E-state index contributed by atoms with van der Waals surface area (Å²) in [6, 6.07) is 8.27. The number of piperidine rings is 1. The molecule has 1 saturated heterocycles. The van der Waals surface area contributed by atoms with E-state index < -0.39 is 0 Å². The topological polar surface area (TPSA) is 38.5 Å². The smallest absolute Gasteiger partial charge is 0.120 e. The molecule has 0 aliphatic carbocycles. The van der Waals surface area contributed by atoms with Gasteiger partial charge in [-0.2, -0.15) is 0 Å². The first-order valence-corrected chi connectivity index (χ1v) is 7.42. The molecular weight excluding hydrogens is 260 g/mol. The van der Waals surface area contributed by atoms with E-state index in [1.807, 2.05) is 24.3 Å². The first-order chi connectivity index (χ1) is 9.16. The van der Waals surface area contributed by atoms with Crippen molar-refractivity contribution in [1.29, 1.82) is 0 Å². The third-order valence-electron chi connectivity index (χ3n) is 3.71. The van der Waals surface area contributed by atoms with Crippen molar-refractivity contribution in [3.63, 3.8) is 0 Å². The minimum Gasteiger partial charge on any atom is -0.492 e. The number of halogens is 1. The zero-order valence-electron chi connectivity index (χ0n) is 11.5. The van der Waals surface area contributed by atoms with E-state index in [9.17, 15) is 0 Å². The molecule has 3 nitrogen and oxygen atoms in total. The molecule has 19 heavy (non-hydrogen) atoms. The molecule has 0 spiro atoms. The van der Waals surface area contributed by atoms with Gasteiger partial charge in [0.2, 0.25) is 0 Å². The molecule has 2 atom stereocenters. The molecule has 1 aliphatic rings. The molecule has 0 aromatic heterocycles. The van der Waals surface area contributed by atoms with Crippen LogP contribution in [0.15, 0.2) is 24.3 Å². The predicted octanol–water partition coefficient (Wildman–Crippen LogP) is 2.92. The fourth-order valence-corrected chi connectivity index (χ4v) is 2.91. The van der Waals surface area contributed by atoms with Crippen molar-refractivity contribution in [1.82, 2.24) is 4.90 Å². The average Bonchev–Trinajstić information content (AvgIpc) is 2.39. The second-order valence-electron chi connectivity index (χ2n) is 5.26. The fraction of sp³-hybridized carbons (Fsp3) is 0.600. The van der Waals surface area contributed by atoms with Crippen LogP contribution in [-0.2, 0) is 0 Å². The van der Waals surface area contributed by atoms with Crippen LogP contribution >= 0.6 is 11.6 Å². The molecule has 4 heteroatoms. The van der Waals surface area contributed by atoms with Crippen LogP contribution in [0.5, 0.6) is 5.75 Å². The maximum atomic E-state index is 6.06. The van der Waals surface area contributed by atoms with Crippen LogP contribution in [0.3, 0.4) is 0 Å². The van der Waals surface area contributed by atoms with Crippen LogP contribution in [0, 0.1) is 0 Å². The molecule has 2 rings (SSSR count). The summed E-state index contributed by atoms with van der Waals surface area (Å²) in [5.74, 6) is 0.835. The van der Waals surface area contributed by atoms with E-state index in [1.54, 1.807) is 0 Å². The molecule has 106 valence electrons. The summed E-state index contributed by atoms with van der Waals surface area (Å²) in [6.45, 7) is 4.84. The highest BCUT2D eigenvalue weighted by Crippen LogP contribution is 2.20. The number of nitrogens with two attached hydrogens (primary N) is 1. The average molecular weight is 283 g/mol. The lowest BCUT2D eigenvalue weighted by Crippen LogP contribution is -2.50. The first kappa shape index (κ1) is 14.6. The van der Waals surface area contributed by atoms with Crippen molar-refractivity contribution in [2.24, 2.45) is 5.73 Å². The van der Waals surface area contributed by atoms with Gasteiger partial charge in [0.05, 0.1) is 0 Å². The van der Waals surface area contributed by atoms with Crippen molar-refractivity contribution in [2.45, 2.75) is 38.3 Å². The van der Waals surface area contributed by atoms with E-state index in [0.29, 0.717) is 17.7 Å². The number of likely N-dealkylation sites (tertiary alicyclic amines) is 1. The highest BCUT2D eigenvalue weighted by molar-refractivity contribution is 6.30. The SMILES string of the molecule is CC(N)C1CCCCN1CCOc1cccc(Cl)c1. The number of rotatable bonds is 5. The van der Waals surface area contributed by atoms with E-state index >= 15 is 0 Å². The molecule has 1 heterocycles. The molecule has 2 unspecified atom stereocenters. The number of ether oxygens (including phenoxy) is 1. The third kappa shape index (κ3) is 4.37. The lowest BCUT2D eigenvalue weighted by atomic mass is 9.97. The molecule has 0 radical (unpaired) electrons. The van der Waals surface area contributed by atoms with Gasteiger partial charge in [0.25, 0.3) is 0 Å². The Kier molecular flexibility index (Phi) is 5.49. The Bertz CT molecular complexity index is 397. The van der Waals surface area contributed by atoms with Gasteiger partial charge in [-0.1, -0.05) is 24.1 Å². The highest BCUT2D eigenvalue weighted by atomic mass is 35.5. The summed E-state index contributed by atoms with van der Waals surface area (Å²) in [4.78, 5) is 2.46. The summed E-state index contributed by atoms with van der Waals surface area (Å²) >= 11 is 5.93. The Morgan fingerprint density at radius 2 is 2.32 bits per heavy atom. The third-order valence-corrected chi connectivity index (χ3v) is 3.95. The number of hydrogen-bond donors (Lipinski definition) is 1. The molecular formula is C15H23ClN2O. The Balaban J connectivity index is 1.81. The maximum Gasteiger partial charge on any atom is 0.120 e. The van der Waals surface area contributed by atoms with E-state index in [2.05, 4.69) is 11.8 Å². The number of benzene rings is 1. The molecule has 2 N–H and O–H groups in total. The molecule has 0 saturated carbocycles. The molecule has 1 aromatic carbocycles. The van der Waals surface area contributed by atoms with Gasteiger partial charge in [-0.3, -0.25) is 4.90 Å². The standard InChI is InChI=1S/C15H23ClN2O/c1-12(17)15-7-2-3-8-18(15)9-10-19-14-6-4-5-13(16)11-14/h4-6,11-12,15H,2-3,7-10,17H2,1H3. The first-order valence-electron chi connectivity index (χ1n) is 7.05. The van der Waals surface area contributed by atoms with Crippen molar-refractivity contribution in [3.8, 4) is 5.75 Å². The van der Waals surface area contributed by atoms with Crippen LogP contribution in [0.1, 0.15) is 26.2 Å².